The molecule has 0 unspecified atom stereocenters. The van der Waals surface area contributed by atoms with E-state index in [9.17, 15) is 10.1 Å². The zero-order chi connectivity index (χ0) is 14.0. The molecule has 0 fully saturated rings. The first-order valence-corrected chi connectivity index (χ1v) is 6.38. The van der Waals surface area contributed by atoms with E-state index in [1.807, 2.05) is 13.0 Å². The van der Waals surface area contributed by atoms with Gasteiger partial charge in [0.05, 0.1) is 16.1 Å². The lowest BCUT2D eigenvalue weighted by atomic mass is 10.2. The lowest BCUT2D eigenvalue weighted by molar-refractivity contribution is -0.386. The Morgan fingerprint density at radius 3 is 2.79 bits per heavy atom. The van der Waals surface area contributed by atoms with Crippen molar-refractivity contribution in [3.63, 3.8) is 0 Å². The van der Waals surface area contributed by atoms with Crippen LogP contribution in [0.2, 0.25) is 5.02 Å². The first-order chi connectivity index (χ1) is 8.97. The third-order valence-corrected chi connectivity index (χ3v) is 3.04. The first-order valence-electron chi connectivity index (χ1n) is 5.21. The highest BCUT2D eigenvalue weighted by Gasteiger charge is 2.19. The summed E-state index contributed by atoms with van der Waals surface area (Å²) in [6.45, 7) is 1.84. The molecular weight excluding hydrogens is 336 g/mol. The van der Waals surface area contributed by atoms with Gasteiger partial charge in [0.25, 0.3) is 5.88 Å². The third kappa shape index (κ3) is 3.21. The van der Waals surface area contributed by atoms with Gasteiger partial charge in [-0.1, -0.05) is 27.5 Å². The number of pyridine rings is 1. The quantitative estimate of drug-likeness (QED) is 0.607. The minimum Gasteiger partial charge on any atom is -0.433 e. The van der Waals surface area contributed by atoms with Crippen LogP contribution in [0.4, 0.5) is 5.69 Å². The van der Waals surface area contributed by atoms with E-state index in [4.69, 9.17) is 16.3 Å². The highest BCUT2D eigenvalue weighted by Crippen LogP contribution is 2.33. The van der Waals surface area contributed by atoms with Crippen LogP contribution in [-0.4, -0.2) is 9.91 Å². The molecule has 1 aromatic heterocycles. The van der Waals surface area contributed by atoms with Gasteiger partial charge in [-0.3, -0.25) is 10.1 Å². The molecule has 0 aliphatic rings. The minimum absolute atomic E-state index is 0.0835. The van der Waals surface area contributed by atoms with Gasteiger partial charge in [-0.25, -0.2) is 4.98 Å². The van der Waals surface area contributed by atoms with E-state index in [1.165, 1.54) is 12.3 Å². The van der Waals surface area contributed by atoms with Crippen molar-refractivity contribution in [1.29, 1.82) is 0 Å². The number of hydrogen-bond donors (Lipinski definition) is 0. The molecule has 0 spiro atoms. The van der Waals surface area contributed by atoms with Gasteiger partial charge in [-0.15, -0.1) is 0 Å². The summed E-state index contributed by atoms with van der Waals surface area (Å²) in [6.07, 6.45) is 1.30. The summed E-state index contributed by atoms with van der Waals surface area (Å²) in [6, 6.07) is 6.54. The molecule has 0 amide bonds. The number of halogens is 2. The van der Waals surface area contributed by atoms with Gasteiger partial charge in [0.15, 0.2) is 0 Å². The summed E-state index contributed by atoms with van der Waals surface area (Å²) < 4.78 is 6.38. The number of hydrogen-bond acceptors (Lipinski definition) is 4. The van der Waals surface area contributed by atoms with Crippen LogP contribution in [0.15, 0.2) is 34.9 Å². The number of nitro groups is 1. The van der Waals surface area contributed by atoms with Gasteiger partial charge in [-0.05, 0) is 30.7 Å². The molecular formula is C12H8BrClN2O3. The zero-order valence-electron chi connectivity index (χ0n) is 9.76. The van der Waals surface area contributed by atoms with Crippen LogP contribution in [0.3, 0.4) is 0 Å². The first kappa shape index (κ1) is 13.8. The topological polar surface area (TPSA) is 65.3 Å². The minimum atomic E-state index is -0.581. The summed E-state index contributed by atoms with van der Waals surface area (Å²) >= 11 is 9.02. The van der Waals surface area contributed by atoms with Crippen LogP contribution < -0.4 is 4.74 Å². The van der Waals surface area contributed by atoms with Crippen molar-refractivity contribution in [3.8, 4) is 11.6 Å². The molecule has 0 aliphatic heterocycles. The van der Waals surface area contributed by atoms with E-state index in [-0.39, 0.29) is 16.6 Å². The molecule has 0 N–H and O–H groups in total. The highest BCUT2D eigenvalue weighted by molar-refractivity contribution is 9.10. The Morgan fingerprint density at radius 1 is 1.42 bits per heavy atom. The summed E-state index contributed by atoms with van der Waals surface area (Å²) in [5.41, 5.74) is 0.565. The standard InChI is InChI=1S/C12H8BrClN2O3/c1-7-4-8(13)2-3-11(7)19-12-10(16(17)18)5-9(14)6-15-12/h2-6H,1H3. The maximum absolute atomic E-state index is 10.9. The normalized spacial score (nSPS) is 10.3. The molecule has 0 bridgehead atoms. The predicted octanol–water partition coefficient (Wildman–Crippen LogP) is 4.51. The number of benzene rings is 1. The Kier molecular flexibility index (Phi) is 4.01. The van der Waals surface area contributed by atoms with Gasteiger partial charge in [0.2, 0.25) is 0 Å². The fraction of sp³-hybridized carbons (Fsp3) is 0.0833. The van der Waals surface area contributed by atoms with E-state index >= 15 is 0 Å². The second-order valence-corrected chi connectivity index (χ2v) is 5.10. The monoisotopic (exact) mass is 342 g/mol. The number of aromatic nitrogens is 1. The molecule has 1 heterocycles. The Hall–Kier alpha value is -1.66. The molecule has 5 nitrogen and oxygen atoms in total. The van der Waals surface area contributed by atoms with E-state index < -0.39 is 4.92 Å². The van der Waals surface area contributed by atoms with Crippen molar-refractivity contribution in [2.24, 2.45) is 0 Å². The number of ether oxygens (including phenoxy) is 1. The average Bonchev–Trinajstić information content (AvgIpc) is 2.34. The molecule has 0 atom stereocenters. The molecule has 0 aliphatic carbocycles. The molecule has 0 radical (unpaired) electrons. The van der Waals surface area contributed by atoms with Gasteiger partial charge >= 0.3 is 5.69 Å². The third-order valence-electron chi connectivity index (χ3n) is 2.34. The predicted molar refractivity (Wildman–Crippen MR) is 74.9 cm³/mol. The summed E-state index contributed by atoms with van der Waals surface area (Å²) in [5.74, 6) is 0.418. The SMILES string of the molecule is Cc1cc(Br)ccc1Oc1ncc(Cl)cc1[N+](=O)[O-]. The van der Waals surface area contributed by atoms with E-state index in [0.29, 0.717) is 5.75 Å². The van der Waals surface area contributed by atoms with Gasteiger partial charge < -0.3 is 4.74 Å². The van der Waals surface area contributed by atoms with Crippen LogP contribution in [0.25, 0.3) is 0 Å². The number of aryl methyl sites for hydroxylation is 1. The van der Waals surface area contributed by atoms with Crippen molar-refractivity contribution in [1.82, 2.24) is 4.98 Å². The van der Waals surface area contributed by atoms with Crippen LogP contribution in [0, 0.1) is 17.0 Å². The summed E-state index contributed by atoms with van der Waals surface area (Å²) in [4.78, 5) is 14.2. The molecule has 7 heteroatoms. The van der Waals surface area contributed by atoms with Gasteiger partial charge in [0, 0.05) is 10.5 Å². The van der Waals surface area contributed by atoms with Crippen molar-refractivity contribution in [2.45, 2.75) is 6.92 Å². The smallest absolute Gasteiger partial charge is 0.332 e. The van der Waals surface area contributed by atoms with E-state index in [0.717, 1.165) is 10.0 Å². The molecule has 2 aromatic rings. The average molecular weight is 344 g/mol. The van der Waals surface area contributed by atoms with Crippen molar-refractivity contribution < 1.29 is 9.66 Å². The van der Waals surface area contributed by atoms with Crippen molar-refractivity contribution >= 4 is 33.2 Å². The molecule has 19 heavy (non-hydrogen) atoms. The maximum Gasteiger partial charge on any atom is 0.332 e. The lowest BCUT2D eigenvalue weighted by Gasteiger charge is -2.08. The fourth-order valence-electron chi connectivity index (χ4n) is 1.46. The maximum atomic E-state index is 10.9. The second-order valence-electron chi connectivity index (χ2n) is 3.75. The Morgan fingerprint density at radius 2 is 2.16 bits per heavy atom. The molecule has 1 aromatic carbocycles. The molecule has 98 valence electrons. The van der Waals surface area contributed by atoms with Gasteiger partial charge in [-0.2, -0.15) is 0 Å². The Bertz CT molecular complexity index is 649. The van der Waals surface area contributed by atoms with E-state index in [1.54, 1.807) is 12.1 Å². The highest BCUT2D eigenvalue weighted by atomic mass is 79.9. The Labute approximate surface area is 122 Å². The van der Waals surface area contributed by atoms with Crippen LogP contribution in [0.5, 0.6) is 11.6 Å². The Balaban J connectivity index is 2.40. The van der Waals surface area contributed by atoms with Crippen LogP contribution in [-0.2, 0) is 0 Å². The number of rotatable bonds is 3. The number of nitrogens with zero attached hydrogens (tertiary/aromatic N) is 2. The zero-order valence-corrected chi connectivity index (χ0v) is 12.1. The fourth-order valence-corrected chi connectivity index (χ4v) is 2.08. The largest absolute Gasteiger partial charge is 0.433 e. The van der Waals surface area contributed by atoms with Crippen molar-refractivity contribution in [2.75, 3.05) is 0 Å². The summed E-state index contributed by atoms with van der Waals surface area (Å²) in [5, 5.41) is 11.1. The van der Waals surface area contributed by atoms with Crippen molar-refractivity contribution in [3.05, 3.63) is 55.6 Å². The molecule has 0 saturated carbocycles. The lowest BCUT2D eigenvalue weighted by Crippen LogP contribution is -1.97. The van der Waals surface area contributed by atoms with Gasteiger partial charge in [0.1, 0.15) is 5.75 Å². The van der Waals surface area contributed by atoms with Crippen LogP contribution in [0.1, 0.15) is 5.56 Å². The molecule has 2 rings (SSSR count). The van der Waals surface area contributed by atoms with Crippen LogP contribution >= 0.6 is 27.5 Å². The van der Waals surface area contributed by atoms with E-state index in [2.05, 4.69) is 20.9 Å². The summed E-state index contributed by atoms with van der Waals surface area (Å²) in [7, 11) is 0. The second kappa shape index (κ2) is 5.54. The molecule has 0 saturated heterocycles.